The molecule has 3 nitrogen and oxygen atoms in total. The molecule has 1 heterocycles. The first-order valence-corrected chi connectivity index (χ1v) is 7.13. The number of rotatable bonds is 2. The number of hydrogen-bond acceptors (Lipinski definition) is 3. The van der Waals surface area contributed by atoms with Gasteiger partial charge in [-0.25, -0.2) is 4.39 Å². The smallest absolute Gasteiger partial charge is 0.230 e. The lowest BCUT2D eigenvalue weighted by Crippen LogP contribution is -1.91. The second kappa shape index (κ2) is 5.33. The number of halogens is 2. The lowest BCUT2D eigenvalue weighted by molar-refractivity contribution is 0.439. The maximum absolute atomic E-state index is 14.1. The molecule has 0 aliphatic heterocycles. The number of nitrogens with two attached hydrogens (primary N) is 1. The van der Waals surface area contributed by atoms with E-state index < -0.39 is 0 Å². The Bertz CT molecular complexity index is 797. The summed E-state index contributed by atoms with van der Waals surface area (Å²) in [7, 11) is 0. The van der Waals surface area contributed by atoms with Gasteiger partial charge in [-0.2, -0.15) is 0 Å². The van der Waals surface area contributed by atoms with Crippen molar-refractivity contribution in [2.75, 3.05) is 5.73 Å². The molecule has 0 aliphatic carbocycles. The Kier molecular flexibility index (Phi) is 3.51. The zero-order valence-corrected chi connectivity index (χ0v) is 12.8. The van der Waals surface area contributed by atoms with E-state index in [1.807, 2.05) is 31.2 Å². The quantitative estimate of drug-likeness (QED) is 0.724. The first-order chi connectivity index (χ1) is 10.1. The van der Waals surface area contributed by atoms with E-state index in [4.69, 9.17) is 10.3 Å². The third-order valence-electron chi connectivity index (χ3n) is 3.23. The van der Waals surface area contributed by atoms with Crippen molar-refractivity contribution in [1.82, 2.24) is 5.16 Å². The summed E-state index contributed by atoms with van der Waals surface area (Å²) in [6.07, 6.45) is 0. The van der Waals surface area contributed by atoms with Gasteiger partial charge in [-0.05, 0) is 36.8 Å². The molecule has 0 saturated carbocycles. The minimum atomic E-state index is -0.354. The SMILES string of the molecule is Cc1ccc(F)c(-c2noc(N)c2-c2ccc(Br)cc2)c1. The molecule has 1 aromatic heterocycles. The number of aryl methyl sites for hydroxylation is 1. The monoisotopic (exact) mass is 346 g/mol. The van der Waals surface area contributed by atoms with E-state index in [1.165, 1.54) is 6.07 Å². The minimum absolute atomic E-state index is 0.174. The van der Waals surface area contributed by atoms with Crippen molar-refractivity contribution in [3.8, 4) is 22.4 Å². The Morgan fingerprint density at radius 1 is 1.14 bits per heavy atom. The van der Waals surface area contributed by atoms with E-state index in [9.17, 15) is 4.39 Å². The average Bonchev–Trinajstić information content (AvgIpc) is 2.84. The molecule has 2 aromatic carbocycles. The fraction of sp³-hybridized carbons (Fsp3) is 0.0625. The highest BCUT2D eigenvalue weighted by Gasteiger charge is 2.20. The second-order valence-electron chi connectivity index (χ2n) is 4.76. The Morgan fingerprint density at radius 3 is 2.57 bits per heavy atom. The molecule has 0 fully saturated rings. The van der Waals surface area contributed by atoms with Gasteiger partial charge in [0.2, 0.25) is 5.88 Å². The molecule has 2 N–H and O–H groups in total. The maximum atomic E-state index is 14.1. The lowest BCUT2D eigenvalue weighted by Gasteiger charge is -2.05. The van der Waals surface area contributed by atoms with Crippen molar-refractivity contribution >= 4 is 21.8 Å². The summed E-state index contributed by atoms with van der Waals surface area (Å²) in [5.74, 6) is -0.180. The molecule has 0 radical (unpaired) electrons. The van der Waals surface area contributed by atoms with Crippen LogP contribution < -0.4 is 5.73 Å². The first kappa shape index (κ1) is 13.8. The number of anilines is 1. The largest absolute Gasteiger partial charge is 0.367 e. The van der Waals surface area contributed by atoms with E-state index >= 15 is 0 Å². The molecule has 0 amide bonds. The van der Waals surface area contributed by atoms with Crippen molar-refractivity contribution in [2.45, 2.75) is 6.92 Å². The predicted octanol–water partition coefficient (Wildman–Crippen LogP) is 4.80. The number of benzene rings is 2. The molecular formula is C16H12BrFN2O. The molecule has 3 rings (SSSR count). The Balaban J connectivity index is 2.21. The summed E-state index contributed by atoms with van der Waals surface area (Å²) < 4.78 is 20.1. The Hall–Kier alpha value is -2.14. The summed E-state index contributed by atoms with van der Waals surface area (Å²) in [6, 6.07) is 12.4. The van der Waals surface area contributed by atoms with E-state index in [0.29, 0.717) is 16.8 Å². The van der Waals surface area contributed by atoms with Crippen LogP contribution in [0.15, 0.2) is 51.5 Å². The number of nitrogen functional groups attached to an aromatic ring is 1. The zero-order chi connectivity index (χ0) is 15.0. The molecule has 0 unspecified atom stereocenters. The van der Waals surface area contributed by atoms with Gasteiger partial charge in [0.05, 0.1) is 5.56 Å². The van der Waals surface area contributed by atoms with Gasteiger partial charge in [-0.15, -0.1) is 0 Å². The molecular weight excluding hydrogens is 335 g/mol. The van der Waals surface area contributed by atoms with E-state index in [-0.39, 0.29) is 11.7 Å². The zero-order valence-electron chi connectivity index (χ0n) is 11.2. The van der Waals surface area contributed by atoms with Gasteiger partial charge < -0.3 is 10.3 Å². The summed E-state index contributed by atoms with van der Waals surface area (Å²) in [6.45, 7) is 1.89. The van der Waals surface area contributed by atoms with Crippen LogP contribution in [0.25, 0.3) is 22.4 Å². The van der Waals surface area contributed by atoms with Crippen LogP contribution in [0.5, 0.6) is 0 Å². The van der Waals surface area contributed by atoms with Gasteiger partial charge in [0.15, 0.2) is 0 Å². The van der Waals surface area contributed by atoms with Crippen LogP contribution >= 0.6 is 15.9 Å². The van der Waals surface area contributed by atoms with Crippen LogP contribution in [-0.2, 0) is 0 Å². The summed E-state index contributed by atoms with van der Waals surface area (Å²) >= 11 is 3.38. The molecule has 0 saturated heterocycles. The maximum Gasteiger partial charge on any atom is 0.230 e. The third kappa shape index (κ3) is 2.56. The number of aromatic nitrogens is 1. The van der Waals surface area contributed by atoms with Gasteiger partial charge in [-0.3, -0.25) is 0 Å². The van der Waals surface area contributed by atoms with Gasteiger partial charge in [-0.1, -0.05) is 44.8 Å². The van der Waals surface area contributed by atoms with Gasteiger partial charge in [0.1, 0.15) is 11.5 Å². The van der Waals surface area contributed by atoms with Gasteiger partial charge in [0, 0.05) is 10.0 Å². The minimum Gasteiger partial charge on any atom is -0.367 e. The summed E-state index contributed by atoms with van der Waals surface area (Å²) in [4.78, 5) is 0. The van der Waals surface area contributed by atoms with Crippen molar-refractivity contribution in [3.63, 3.8) is 0 Å². The van der Waals surface area contributed by atoms with Gasteiger partial charge in [0.25, 0.3) is 0 Å². The van der Waals surface area contributed by atoms with Crippen LogP contribution in [0.2, 0.25) is 0 Å². The normalized spacial score (nSPS) is 10.8. The number of hydrogen-bond donors (Lipinski definition) is 1. The van der Waals surface area contributed by atoms with E-state index in [1.54, 1.807) is 12.1 Å². The highest BCUT2D eigenvalue weighted by molar-refractivity contribution is 9.10. The van der Waals surface area contributed by atoms with Crippen LogP contribution in [0, 0.1) is 12.7 Å². The molecule has 0 aliphatic rings. The van der Waals surface area contributed by atoms with Crippen LogP contribution in [-0.4, -0.2) is 5.16 Å². The molecule has 106 valence electrons. The molecule has 5 heteroatoms. The lowest BCUT2D eigenvalue weighted by atomic mass is 9.99. The van der Waals surface area contributed by atoms with Crippen molar-refractivity contribution in [1.29, 1.82) is 0 Å². The predicted molar refractivity (Wildman–Crippen MR) is 84.2 cm³/mol. The van der Waals surface area contributed by atoms with Crippen LogP contribution in [0.3, 0.4) is 0 Å². The Labute approximate surface area is 129 Å². The van der Waals surface area contributed by atoms with Crippen molar-refractivity contribution in [3.05, 3.63) is 58.3 Å². The average molecular weight is 347 g/mol. The van der Waals surface area contributed by atoms with Crippen molar-refractivity contribution < 1.29 is 8.91 Å². The molecule has 3 aromatic rings. The fourth-order valence-electron chi connectivity index (χ4n) is 2.20. The van der Waals surface area contributed by atoms with E-state index in [2.05, 4.69) is 21.1 Å². The highest BCUT2D eigenvalue weighted by atomic mass is 79.9. The van der Waals surface area contributed by atoms with Crippen LogP contribution in [0.1, 0.15) is 5.56 Å². The molecule has 0 atom stereocenters. The number of nitrogens with zero attached hydrogens (tertiary/aromatic N) is 1. The molecule has 0 bridgehead atoms. The van der Waals surface area contributed by atoms with Crippen LogP contribution in [0.4, 0.5) is 10.3 Å². The summed E-state index contributed by atoms with van der Waals surface area (Å²) in [5, 5.41) is 3.94. The molecule has 0 spiro atoms. The van der Waals surface area contributed by atoms with Crippen molar-refractivity contribution in [2.24, 2.45) is 0 Å². The Morgan fingerprint density at radius 2 is 1.86 bits per heavy atom. The molecule has 21 heavy (non-hydrogen) atoms. The second-order valence-corrected chi connectivity index (χ2v) is 5.68. The standard InChI is InChI=1S/C16H12BrFN2O/c1-9-2-7-13(18)12(8-9)15-14(16(19)21-20-15)10-3-5-11(17)6-4-10/h2-8H,19H2,1H3. The summed E-state index contributed by atoms with van der Waals surface area (Å²) in [5.41, 5.74) is 9.04. The van der Waals surface area contributed by atoms with Gasteiger partial charge >= 0.3 is 0 Å². The van der Waals surface area contributed by atoms with E-state index in [0.717, 1.165) is 15.6 Å². The third-order valence-corrected chi connectivity index (χ3v) is 3.76. The highest BCUT2D eigenvalue weighted by Crippen LogP contribution is 2.37. The topological polar surface area (TPSA) is 52.0 Å². The fourth-order valence-corrected chi connectivity index (χ4v) is 2.47. The first-order valence-electron chi connectivity index (χ1n) is 6.34.